The zero-order valence-electron chi connectivity index (χ0n) is 88.4. The molecule has 12 fully saturated rings. The summed E-state index contributed by atoms with van der Waals surface area (Å²) < 4.78 is 86.2. The molecule has 39 heteroatoms. The van der Waals surface area contributed by atoms with E-state index in [9.17, 15) is 119 Å². The molecule has 4 aliphatic heterocycles. The fourth-order valence-corrected chi connectivity index (χ4v) is 30.8. The van der Waals surface area contributed by atoms with Crippen LogP contribution in [0.15, 0.2) is 114 Å². The summed E-state index contributed by atoms with van der Waals surface area (Å²) in [4.78, 5) is 160. The summed E-state index contributed by atoms with van der Waals surface area (Å²) in [5, 5.41) is 140. The summed E-state index contributed by atoms with van der Waals surface area (Å²) in [7, 11) is 0. The number of carbonyl (C=O) groups excluding carboxylic acids is 12. The van der Waals surface area contributed by atoms with Gasteiger partial charge >= 0.3 is 47.8 Å². The molecular formula is C109H144O39. The summed E-state index contributed by atoms with van der Waals surface area (Å²) >= 11 is 0. The van der Waals surface area contributed by atoms with Crippen LogP contribution in [-0.4, -0.2) is 301 Å². The van der Waals surface area contributed by atoms with Crippen molar-refractivity contribution in [2.24, 2.45) is 90.7 Å². The normalized spacial score (nSPS) is 44.5. The highest BCUT2D eigenvalue weighted by Gasteiger charge is 2.84. The molecule has 8 saturated carbocycles. The van der Waals surface area contributed by atoms with Gasteiger partial charge in [0.15, 0.2) is 45.9 Å². The van der Waals surface area contributed by atoms with Gasteiger partial charge in [-0.25, -0.2) is 14.4 Å². The van der Waals surface area contributed by atoms with Gasteiger partial charge in [0, 0.05) is 111 Å². The van der Waals surface area contributed by atoms with E-state index < -0.39 is 286 Å². The van der Waals surface area contributed by atoms with Crippen molar-refractivity contribution < 1.29 is 189 Å². The average Bonchev–Trinajstić information content (AvgIpc) is 0.897. The van der Waals surface area contributed by atoms with Crippen LogP contribution >= 0.6 is 0 Å². The Hall–Kier alpha value is -9.40. The first-order valence-corrected chi connectivity index (χ1v) is 50.9. The minimum Gasteiger partial charge on any atom is -0.472 e. The average molecular weight is 2080 g/mol. The maximum absolute atomic E-state index is 14.9. The number of hydrogen-bond acceptors (Lipinski definition) is 39. The summed E-state index contributed by atoms with van der Waals surface area (Å²) in [5.41, 5.74) is -20.6. The lowest BCUT2D eigenvalue weighted by atomic mass is 9.42. The predicted molar refractivity (Wildman–Crippen MR) is 510 cm³/mol. The molecule has 0 amide bonds. The van der Waals surface area contributed by atoms with Crippen molar-refractivity contribution in [3.8, 4) is 0 Å². The first-order valence-electron chi connectivity index (χ1n) is 50.9. The highest BCUT2D eigenvalue weighted by Crippen LogP contribution is 2.72. The molecule has 3 aromatic rings. The van der Waals surface area contributed by atoms with Crippen molar-refractivity contribution in [1.29, 1.82) is 0 Å². The molecule has 12 aliphatic carbocycles. The number of hydrogen-bond donors (Lipinski definition) is 12. The van der Waals surface area contributed by atoms with E-state index in [0.29, 0.717) is 36.0 Å². The second-order valence-corrected chi connectivity index (χ2v) is 48.0. The van der Waals surface area contributed by atoms with Crippen molar-refractivity contribution in [1.82, 2.24) is 0 Å². The molecule has 7 heterocycles. The molecule has 0 unspecified atom stereocenters. The smallest absolute Gasteiger partial charge is 0.341 e. The maximum Gasteiger partial charge on any atom is 0.341 e. The van der Waals surface area contributed by atoms with E-state index in [1.165, 1.54) is 98.0 Å². The Morgan fingerprint density at radius 3 is 0.953 bits per heavy atom. The van der Waals surface area contributed by atoms with Crippen LogP contribution in [0.4, 0.5) is 0 Å². The number of ether oxygens (including phenoxy) is 12. The fourth-order valence-electron chi connectivity index (χ4n) is 30.8. The van der Waals surface area contributed by atoms with Crippen molar-refractivity contribution in [2.45, 2.75) is 367 Å². The Labute approximate surface area is 856 Å². The van der Waals surface area contributed by atoms with Gasteiger partial charge in [-0.15, -0.1) is 0 Å². The number of fused-ring (bicyclic) bond motifs is 20. The molecule has 19 rings (SSSR count). The number of aliphatic hydroxyl groups is 12. The molecule has 0 radical (unpaired) electrons. The molecule has 0 spiro atoms. The molecule has 12 N–H and O–H groups in total. The molecule has 39 nitrogen and oxygen atoms in total. The third-order valence-electron chi connectivity index (χ3n) is 39.7. The number of esters is 8. The van der Waals surface area contributed by atoms with Gasteiger partial charge in [0.1, 0.15) is 102 Å². The number of Topliss-reactive ketones (excluding diaryl/α,β-unsaturated/α-hetero) is 4. The lowest BCUT2D eigenvalue weighted by Gasteiger charge is -2.68. The van der Waals surface area contributed by atoms with Crippen molar-refractivity contribution in [3.63, 3.8) is 0 Å². The highest BCUT2D eigenvalue weighted by atomic mass is 16.7. The molecule has 3 aromatic heterocycles. The van der Waals surface area contributed by atoms with Crippen LogP contribution in [0.3, 0.4) is 0 Å². The van der Waals surface area contributed by atoms with Gasteiger partial charge in [-0.05, 0) is 130 Å². The van der Waals surface area contributed by atoms with Crippen LogP contribution in [0.25, 0.3) is 0 Å². The van der Waals surface area contributed by atoms with Crippen LogP contribution in [0.1, 0.15) is 256 Å². The van der Waals surface area contributed by atoms with Crippen LogP contribution < -0.4 is 0 Å². The second kappa shape index (κ2) is 37.0. The van der Waals surface area contributed by atoms with Gasteiger partial charge in [0.2, 0.25) is 0 Å². The second-order valence-electron chi connectivity index (χ2n) is 48.0. The van der Waals surface area contributed by atoms with E-state index >= 15 is 0 Å². The van der Waals surface area contributed by atoms with Crippen molar-refractivity contribution in [2.75, 3.05) is 26.4 Å². The van der Waals surface area contributed by atoms with Crippen LogP contribution in [0, 0.1) is 90.7 Å². The largest absolute Gasteiger partial charge is 0.472 e. The van der Waals surface area contributed by atoms with E-state index in [1.807, 2.05) is 55.4 Å². The SMILES string of the molecule is CC(=O)O[C@@]12CO[C@@H]1C[C@H](C)[C@@]1(C)C(=O)[C@H](C)C3=C(C)[C@@H](C)C[C@@](O)([C@@H](OC(=O)c4ccoc4)[C@H]21)C3(C)C.CC(=O)O[C@@]12CO[C@@H]1C[C@H](O)[C@@]1(C)C(=O)[C@H](O)C3=C(C)[C@@H](O)C[C@@](O)([C@@H](O)[C@H]21)C3(C)C.CC(=O)O[C@@]12CO[C@@H]1C[C@H](O)[C@@]1(C)C(=O)[C@H](O)C3=C(C)[C@@H](O)C[C@@](O)([C@@H](OC(=O)c4ccoc4)[C@H]21)C3(C)C.CC(=O)O[C@H]1C(=O)[C@@]2(C)[C@H]([C@H](OC(=O)c3ccoc3)[C@]3(O)C[C@H](O)C(C)=C1C3(C)C)[C@]1(OC(C)=O)CO[C@@H]1C[C@@H]2C. The summed E-state index contributed by atoms with van der Waals surface area (Å²) in [6.07, 6.45) is -12.3. The molecule has 16 aliphatic rings. The third kappa shape index (κ3) is 15.4. The number of aliphatic hydroxyl groups excluding tert-OH is 8. The molecular weight excluding hydrogens is 1930 g/mol. The van der Waals surface area contributed by atoms with Gasteiger partial charge < -0.3 is 131 Å². The number of carbonyl (C=O) groups is 12. The Kier molecular flexibility index (Phi) is 27.8. The van der Waals surface area contributed by atoms with E-state index in [-0.39, 0.29) is 110 Å². The number of rotatable bonds is 11. The van der Waals surface area contributed by atoms with E-state index in [0.717, 1.165) is 17.4 Å². The minimum atomic E-state index is -2.08. The van der Waals surface area contributed by atoms with Gasteiger partial charge in [-0.3, -0.25) is 43.2 Å². The molecule has 4 saturated heterocycles. The van der Waals surface area contributed by atoms with Gasteiger partial charge in [0.05, 0.1) is 127 Å². The number of ketones is 4. The topological polar surface area (TPSA) is 598 Å². The van der Waals surface area contributed by atoms with Crippen LogP contribution in [-0.2, 0) is 100.0 Å². The molecule has 8 bridgehead atoms. The summed E-state index contributed by atoms with van der Waals surface area (Å²) in [6.45, 7) is 40.5. The first-order chi connectivity index (χ1) is 68.4. The Morgan fingerprint density at radius 2 is 0.628 bits per heavy atom. The van der Waals surface area contributed by atoms with Gasteiger partial charge in [-0.1, -0.05) is 108 Å². The van der Waals surface area contributed by atoms with Crippen molar-refractivity contribution >= 4 is 70.9 Å². The van der Waals surface area contributed by atoms with Gasteiger partial charge in [-0.2, -0.15) is 0 Å². The lowest BCUT2D eigenvalue weighted by molar-refractivity contribution is -0.346. The molecule has 814 valence electrons. The maximum atomic E-state index is 14.9. The van der Waals surface area contributed by atoms with E-state index in [2.05, 4.69) is 0 Å². The molecule has 0 aromatic carbocycles. The summed E-state index contributed by atoms with van der Waals surface area (Å²) in [5.74, 6) is -13.4. The Bertz CT molecular complexity index is 5810. The number of furan rings is 3. The Morgan fingerprint density at radius 1 is 0.338 bits per heavy atom. The standard InChI is InChI=1S/C30H38O11.C30H40O8.C27H34O11.C22H32O9/c1-14-10-20-29(13-38-20,41-17(4)32)23-25(40-26(35)18-8-9-37-12-18)30(36)11-19(33)15(2)21(27(30,5)6)22(39-16(3)31)24(34)28(14,23)7;1-15-12-30(34)25(37-26(33)20-9-10-35-13-20)23-28(8,24(32)18(4)22(17(15)3)27(30,6)7)16(2)11-21-29(23,14-36-21)38-19(5)31;1-12-15(29)9-27(34)22(37-23(33)14-6-7-35-10-14)20-25(5,21(32)19(31)18(12)24(27,3)4)16(30)8-17-26(20,11-36-17)38-13(2)28;1-9-11(24)7-22(29)18(28)16-20(5,17(27)15(26)14(9)19(22,3)4)12(25)6-13-21(16,8-30-13)31-10(2)23/h8-9,12,14,19-20,22-23,25,33,36H,10-11,13H2,1-7H3;9-10,13,15-16,18,21,23,25,34H,11-12,14H2,1-8H3;6-7,10,15-17,19-20,22,29-31,34H,8-9,11H2,1-5H3;11-13,15-16,18,24-26,28-29H,6-8H2,1-5H3/t14-,19-,20+,22+,23-,25-,28+,29-,30+;15-,16-,18+,21+,23-,25-,28+,29-,30+;15-,16-,17+,19+,20-,22-,25+,26-,27+;11-,12-,13+,15+,16-,18-,20+,21-,22+/m0000/s1. The van der Waals surface area contributed by atoms with Crippen LogP contribution in [0.5, 0.6) is 0 Å². The van der Waals surface area contributed by atoms with Gasteiger partial charge in [0.25, 0.3) is 0 Å². The monoisotopic (exact) mass is 2080 g/mol. The zero-order valence-corrected chi connectivity index (χ0v) is 88.4. The third-order valence-corrected chi connectivity index (χ3v) is 39.7. The van der Waals surface area contributed by atoms with Crippen LogP contribution in [0.2, 0.25) is 0 Å². The number of allylic oxidation sites excluding steroid dienone is 1. The minimum absolute atomic E-state index is 0.00909. The van der Waals surface area contributed by atoms with E-state index in [1.54, 1.807) is 69.2 Å². The fraction of sp³-hybridized carbons (Fsp3) is 0.706. The Balaban J connectivity index is 0.000000141. The summed E-state index contributed by atoms with van der Waals surface area (Å²) in [6, 6.07) is 4.28. The van der Waals surface area contributed by atoms with Crippen molar-refractivity contribution in [3.05, 3.63) is 117 Å². The highest BCUT2D eigenvalue weighted by molar-refractivity contribution is 5.98. The first kappa shape index (κ1) is 111. The quantitative estimate of drug-likeness (QED) is 0.0526. The predicted octanol–water partition coefficient (Wildman–Crippen LogP) is 6.91. The zero-order chi connectivity index (χ0) is 110. The molecule has 148 heavy (non-hydrogen) atoms. The lowest BCUT2D eigenvalue weighted by Crippen LogP contribution is -2.81. The van der Waals surface area contributed by atoms with E-state index in [4.69, 9.17) is 70.1 Å². The molecule has 36 atom stereocenters.